The molecule has 1 aliphatic heterocycles. The van der Waals surface area contributed by atoms with Crippen molar-refractivity contribution in [3.63, 3.8) is 0 Å². The van der Waals surface area contributed by atoms with Crippen molar-refractivity contribution in [3.8, 4) is 0 Å². The van der Waals surface area contributed by atoms with E-state index < -0.39 is 25.1 Å². The molecular weight excluding hydrogens is 313 g/mol. The third kappa shape index (κ3) is 3.21. The Balaban J connectivity index is 2.25. The first kappa shape index (κ1) is 16.7. The Morgan fingerprint density at radius 1 is 1.41 bits per heavy atom. The van der Waals surface area contributed by atoms with E-state index in [1.165, 1.54) is 10.8 Å². The fourth-order valence-corrected chi connectivity index (χ4v) is 3.57. The van der Waals surface area contributed by atoms with Gasteiger partial charge >= 0.3 is 13.3 Å². The maximum atomic E-state index is 12.6. The molecule has 2 rings (SSSR count). The van der Waals surface area contributed by atoms with Gasteiger partial charge in [-0.1, -0.05) is 5.16 Å². The first-order valence-corrected chi connectivity index (χ1v) is 8.40. The van der Waals surface area contributed by atoms with Crippen molar-refractivity contribution in [1.82, 2.24) is 9.55 Å². The van der Waals surface area contributed by atoms with Crippen LogP contribution in [0, 0.1) is 6.92 Å². The highest BCUT2D eigenvalue weighted by atomic mass is 31.2. The zero-order valence-corrected chi connectivity index (χ0v) is 13.5. The van der Waals surface area contributed by atoms with E-state index in [1.54, 1.807) is 20.8 Å². The van der Waals surface area contributed by atoms with Gasteiger partial charge in [0.15, 0.2) is 5.45 Å². The number of aromatic nitrogens is 2. The van der Waals surface area contributed by atoms with E-state index in [1.807, 2.05) is 0 Å². The SMILES string of the molecule is CCOP(=O)(OCC)C1=NOC(n2cc(C)c(=O)[nH]c2=O)C1. The molecule has 10 heteroatoms. The number of hydrogen-bond donors (Lipinski definition) is 1. The van der Waals surface area contributed by atoms with Crippen LogP contribution < -0.4 is 11.2 Å². The van der Waals surface area contributed by atoms with Crippen LogP contribution in [0.2, 0.25) is 0 Å². The molecule has 1 atom stereocenters. The summed E-state index contributed by atoms with van der Waals surface area (Å²) in [6.07, 6.45) is 0.645. The molecule has 122 valence electrons. The van der Waals surface area contributed by atoms with Crippen LogP contribution in [0.1, 0.15) is 32.1 Å². The Morgan fingerprint density at radius 2 is 2.05 bits per heavy atom. The number of aryl methyl sites for hydroxylation is 1. The fourth-order valence-electron chi connectivity index (χ4n) is 1.99. The number of rotatable bonds is 6. The Bertz CT molecular complexity index is 727. The lowest BCUT2D eigenvalue weighted by molar-refractivity contribution is 0.0284. The molecule has 1 aromatic heterocycles. The standard InChI is InChI=1S/C12H18N3O6P/c1-4-19-22(18,20-5-2)9-6-10(21-14-9)15-7-8(3)11(16)13-12(15)17/h7,10H,4-6H2,1-3H3,(H,13,16,17). The third-order valence-electron chi connectivity index (χ3n) is 3.01. The van der Waals surface area contributed by atoms with Gasteiger partial charge in [0.1, 0.15) is 0 Å². The van der Waals surface area contributed by atoms with Crippen LogP contribution in [0.5, 0.6) is 0 Å². The summed E-state index contributed by atoms with van der Waals surface area (Å²) in [6.45, 7) is 5.33. The summed E-state index contributed by atoms with van der Waals surface area (Å²) >= 11 is 0. The highest BCUT2D eigenvalue weighted by Crippen LogP contribution is 2.53. The van der Waals surface area contributed by atoms with Crippen LogP contribution in [-0.2, 0) is 18.5 Å². The average Bonchev–Trinajstić information content (AvgIpc) is 2.93. The molecule has 22 heavy (non-hydrogen) atoms. The summed E-state index contributed by atoms with van der Waals surface area (Å²) in [4.78, 5) is 30.5. The summed E-state index contributed by atoms with van der Waals surface area (Å²) in [6, 6.07) is 0. The first-order valence-electron chi connectivity index (χ1n) is 6.85. The normalized spacial score (nSPS) is 18.1. The molecule has 0 aliphatic carbocycles. The van der Waals surface area contributed by atoms with Crippen molar-refractivity contribution < 1.29 is 18.5 Å². The van der Waals surface area contributed by atoms with Crippen LogP contribution >= 0.6 is 7.60 Å². The second-order valence-corrected chi connectivity index (χ2v) is 6.61. The van der Waals surface area contributed by atoms with Gasteiger partial charge in [-0.25, -0.2) is 4.79 Å². The highest BCUT2D eigenvalue weighted by Gasteiger charge is 2.39. The first-order chi connectivity index (χ1) is 10.4. The minimum absolute atomic E-state index is 0.0721. The maximum absolute atomic E-state index is 12.6. The molecule has 2 heterocycles. The molecule has 1 N–H and O–H groups in total. The third-order valence-corrected chi connectivity index (χ3v) is 5.10. The van der Waals surface area contributed by atoms with Crippen LogP contribution in [0.15, 0.2) is 20.9 Å². The molecule has 0 bridgehead atoms. The van der Waals surface area contributed by atoms with Crippen LogP contribution in [0.25, 0.3) is 0 Å². The van der Waals surface area contributed by atoms with Crippen molar-refractivity contribution in [2.75, 3.05) is 13.2 Å². The molecule has 0 radical (unpaired) electrons. The molecule has 0 fully saturated rings. The van der Waals surface area contributed by atoms with E-state index in [4.69, 9.17) is 13.9 Å². The van der Waals surface area contributed by atoms with Crippen molar-refractivity contribution in [3.05, 3.63) is 32.6 Å². The highest BCUT2D eigenvalue weighted by molar-refractivity contribution is 7.72. The van der Waals surface area contributed by atoms with Crippen LogP contribution in [0.4, 0.5) is 0 Å². The van der Waals surface area contributed by atoms with E-state index in [-0.39, 0.29) is 25.1 Å². The van der Waals surface area contributed by atoms with Crippen LogP contribution in [-0.4, -0.2) is 28.2 Å². The van der Waals surface area contributed by atoms with Gasteiger partial charge in [-0.3, -0.25) is 18.9 Å². The predicted molar refractivity (Wildman–Crippen MR) is 79.1 cm³/mol. The molecule has 1 unspecified atom stereocenters. The molecule has 9 nitrogen and oxygen atoms in total. The molecular formula is C12H18N3O6P. The van der Waals surface area contributed by atoms with E-state index >= 15 is 0 Å². The zero-order valence-electron chi connectivity index (χ0n) is 12.6. The molecule has 0 spiro atoms. The molecule has 0 saturated carbocycles. The quantitative estimate of drug-likeness (QED) is 0.787. The summed E-state index contributed by atoms with van der Waals surface area (Å²) in [5.74, 6) is 0. The van der Waals surface area contributed by atoms with Crippen molar-refractivity contribution in [2.24, 2.45) is 5.16 Å². The second kappa shape index (κ2) is 6.60. The van der Waals surface area contributed by atoms with Gasteiger partial charge in [0.05, 0.1) is 19.6 Å². The minimum atomic E-state index is -3.52. The van der Waals surface area contributed by atoms with Gasteiger partial charge < -0.3 is 13.9 Å². The number of aromatic amines is 1. The second-order valence-electron chi connectivity index (χ2n) is 4.58. The maximum Gasteiger partial charge on any atom is 0.379 e. The van der Waals surface area contributed by atoms with Gasteiger partial charge in [0.25, 0.3) is 5.56 Å². The molecule has 1 aliphatic rings. The largest absolute Gasteiger partial charge is 0.379 e. The lowest BCUT2D eigenvalue weighted by atomic mass is 10.3. The Morgan fingerprint density at radius 3 is 2.64 bits per heavy atom. The number of nitrogens with zero attached hydrogens (tertiary/aromatic N) is 2. The molecule has 0 saturated heterocycles. The van der Waals surface area contributed by atoms with Crippen molar-refractivity contribution >= 4 is 13.0 Å². The zero-order chi connectivity index (χ0) is 16.3. The van der Waals surface area contributed by atoms with Gasteiger partial charge in [-0.05, 0) is 20.8 Å². The number of H-pyrrole nitrogens is 1. The van der Waals surface area contributed by atoms with Gasteiger partial charge in [-0.15, -0.1) is 0 Å². The summed E-state index contributed by atoms with van der Waals surface area (Å²) < 4.78 is 24.2. The minimum Gasteiger partial charge on any atom is -0.369 e. The number of oxime groups is 1. The predicted octanol–water partition coefficient (Wildman–Crippen LogP) is 1.34. The van der Waals surface area contributed by atoms with Gasteiger partial charge in [0.2, 0.25) is 6.23 Å². The van der Waals surface area contributed by atoms with E-state index in [2.05, 4.69) is 10.1 Å². The Hall–Kier alpha value is -1.70. The van der Waals surface area contributed by atoms with Gasteiger partial charge in [0, 0.05) is 11.8 Å². The van der Waals surface area contributed by atoms with E-state index in [0.29, 0.717) is 5.56 Å². The molecule has 1 aromatic rings. The topological polar surface area (TPSA) is 112 Å². The monoisotopic (exact) mass is 331 g/mol. The van der Waals surface area contributed by atoms with E-state index in [0.717, 1.165) is 0 Å². The Kier molecular flexibility index (Phi) is 5.00. The summed E-state index contributed by atoms with van der Waals surface area (Å²) in [5, 5.41) is 3.75. The van der Waals surface area contributed by atoms with E-state index in [9.17, 15) is 14.2 Å². The lowest BCUT2D eigenvalue weighted by Gasteiger charge is -2.16. The van der Waals surface area contributed by atoms with Crippen LogP contribution in [0.3, 0.4) is 0 Å². The fraction of sp³-hybridized carbons (Fsp3) is 0.583. The lowest BCUT2D eigenvalue weighted by Crippen LogP contribution is -2.33. The van der Waals surface area contributed by atoms with Gasteiger partial charge in [-0.2, -0.15) is 0 Å². The average molecular weight is 331 g/mol. The Labute approximate surface area is 126 Å². The molecule has 0 aromatic carbocycles. The van der Waals surface area contributed by atoms with Crippen molar-refractivity contribution in [1.29, 1.82) is 0 Å². The molecule has 0 amide bonds. The smallest absolute Gasteiger partial charge is 0.369 e. The summed E-state index contributed by atoms with van der Waals surface area (Å²) in [5.41, 5.74) is -0.610. The van der Waals surface area contributed by atoms with Crippen molar-refractivity contribution in [2.45, 2.75) is 33.4 Å². The number of nitrogens with one attached hydrogen (secondary N) is 1. The number of hydrogen-bond acceptors (Lipinski definition) is 7. The summed E-state index contributed by atoms with van der Waals surface area (Å²) in [7, 11) is -3.52.